The first kappa shape index (κ1) is 25.8. The van der Waals surface area contributed by atoms with Gasteiger partial charge in [0.1, 0.15) is 0 Å². The van der Waals surface area contributed by atoms with E-state index in [2.05, 4.69) is 41.5 Å². The summed E-state index contributed by atoms with van der Waals surface area (Å²) in [6.45, 7) is 11.6. The van der Waals surface area contributed by atoms with Crippen LogP contribution in [-0.2, 0) is 9.47 Å². The molecule has 2 aliphatic heterocycles. The molecule has 3 heterocycles. The Morgan fingerprint density at radius 1 is 1.27 bits per heavy atom. The smallest absolute Gasteiger partial charge is 0.191 e. The number of rotatable bonds is 9. The Labute approximate surface area is 201 Å². The SMILES string of the molecule is CCNC(=NCC1(CCO)CCOC1)NCC(c1ccc(C)s1)N1CCOCC1.I. The van der Waals surface area contributed by atoms with Crippen LogP contribution in [0.25, 0.3) is 0 Å². The van der Waals surface area contributed by atoms with Crippen molar-refractivity contribution in [3.8, 4) is 0 Å². The van der Waals surface area contributed by atoms with Gasteiger partial charge in [-0.2, -0.15) is 0 Å². The second kappa shape index (κ2) is 13.2. The van der Waals surface area contributed by atoms with E-state index in [9.17, 15) is 5.11 Å². The minimum atomic E-state index is -0.0361. The molecule has 30 heavy (non-hydrogen) atoms. The molecule has 2 saturated heterocycles. The fourth-order valence-electron chi connectivity index (χ4n) is 4.00. The molecule has 172 valence electrons. The van der Waals surface area contributed by atoms with Gasteiger partial charge in [0.2, 0.25) is 0 Å². The minimum Gasteiger partial charge on any atom is -0.396 e. The number of guanidine groups is 1. The number of aliphatic imine (C=N–C) groups is 1. The maximum absolute atomic E-state index is 9.46. The Bertz CT molecular complexity index is 646. The number of hydrogen-bond donors (Lipinski definition) is 3. The predicted octanol–water partition coefficient (Wildman–Crippen LogP) is 2.39. The van der Waals surface area contributed by atoms with E-state index in [0.717, 1.165) is 64.8 Å². The van der Waals surface area contributed by atoms with Gasteiger partial charge in [-0.1, -0.05) is 0 Å². The number of hydrogen-bond acceptors (Lipinski definition) is 6. The molecule has 0 amide bonds. The number of nitrogens with zero attached hydrogens (tertiary/aromatic N) is 2. The second-order valence-corrected chi connectivity index (χ2v) is 9.28. The van der Waals surface area contributed by atoms with Crippen molar-refractivity contribution in [1.29, 1.82) is 0 Å². The average molecular weight is 553 g/mol. The topological polar surface area (TPSA) is 78.4 Å². The lowest BCUT2D eigenvalue weighted by molar-refractivity contribution is 0.0177. The van der Waals surface area contributed by atoms with Crippen LogP contribution in [0.4, 0.5) is 0 Å². The molecule has 7 nitrogen and oxygen atoms in total. The molecule has 9 heteroatoms. The number of aliphatic hydroxyl groups excluding tert-OH is 1. The average Bonchev–Trinajstić information content (AvgIpc) is 3.37. The third-order valence-corrected chi connectivity index (χ3v) is 6.88. The Kier molecular flexibility index (Phi) is 11.3. The number of aliphatic hydroxyl groups is 1. The zero-order valence-electron chi connectivity index (χ0n) is 18.2. The molecular formula is C21H37IN4O3S. The fraction of sp³-hybridized carbons (Fsp3) is 0.762. The van der Waals surface area contributed by atoms with Gasteiger partial charge in [-0.15, -0.1) is 35.3 Å². The largest absolute Gasteiger partial charge is 0.396 e. The Morgan fingerprint density at radius 3 is 2.67 bits per heavy atom. The zero-order chi connectivity index (χ0) is 20.5. The number of aryl methyl sites for hydroxylation is 1. The van der Waals surface area contributed by atoms with Gasteiger partial charge in [0.25, 0.3) is 0 Å². The van der Waals surface area contributed by atoms with Crippen molar-refractivity contribution in [3.05, 3.63) is 21.9 Å². The Hall–Kier alpha value is -0.460. The highest BCUT2D eigenvalue weighted by molar-refractivity contribution is 14.0. The molecule has 0 aliphatic carbocycles. The monoisotopic (exact) mass is 552 g/mol. The second-order valence-electron chi connectivity index (χ2n) is 7.96. The van der Waals surface area contributed by atoms with Crippen LogP contribution in [0.2, 0.25) is 0 Å². The number of thiophene rings is 1. The van der Waals surface area contributed by atoms with E-state index < -0.39 is 0 Å². The standard InChI is InChI=1S/C21H36N4O3S.HI/c1-3-22-20(24-15-21(6-10-26)7-11-28-16-21)23-14-18(19-5-4-17(2)29-19)25-8-12-27-13-9-25;/h4-5,18,26H,3,6-16H2,1-2H3,(H2,22,23,24);1H. The minimum absolute atomic E-state index is 0. The third-order valence-electron chi connectivity index (χ3n) is 5.78. The predicted molar refractivity (Wildman–Crippen MR) is 133 cm³/mol. The fourth-order valence-corrected chi connectivity index (χ4v) is 5.01. The van der Waals surface area contributed by atoms with Crippen molar-refractivity contribution in [2.75, 3.05) is 65.8 Å². The molecule has 2 aliphatic rings. The van der Waals surface area contributed by atoms with E-state index in [0.29, 0.717) is 19.2 Å². The van der Waals surface area contributed by atoms with E-state index in [1.165, 1.54) is 9.75 Å². The highest BCUT2D eigenvalue weighted by Gasteiger charge is 2.34. The number of halogens is 1. The summed E-state index contributed by atoms with van der Waals surface area (Å²) in [7, 11) is 0. The lowest BCUT2D eigenvalue weighted by Crippen LogP contribution is -2.46. The summed E-state index contributed by atoms with van der Waals surface area (Å²) < 4.78 is 11.2. The first-order chi connectivity index (χ1) is 14.2. The van der Waals surface area contributed by atoms with E-state index in [-0.39, 0.29) is 36.0 Å². The summed E-state index contributed by atoms with van der Waals surface area (Å²) >= 11 is 1.87. The summed E-state index contributed by atoms with van der Waals surface area (Å²) in [5.74, 6) is 0.836. The Morgan fingerprint density at radius 2 is 2.07 bits per heavy atom. The maximum Gasteiger partial charge on any atom is 0.191 e. The maximum atomic E-state index is 9.46. The third kappa shape index (κ3) is 7.30. The van der Waals surface area contributed by atoms with Crippen LogP contribution in [0.15, 0.2) is 17.1 Å². The van der Waals surface area contributed by atoms with Gasteiger partial charge in [0.05, 0.1) is 32.4 Å². The molecule has 1 aromatic heterocycles. The van der Waals surface area contributed by atoms with E-state index >= 15 is 0 Å². The van der Waals surface area contributed by atoms with E-state index in [4.69, 9.17) is 14.5 Å². The molecule has 0 spiro atoms. The molecular weight excluding hydrogens is 515 g/mol. The molecule has 0 radical (unpaired) electrons. The summed E-state index contributed by atoms with van der Waals surface area (Å²) in [4.78, 5) is 10.1. The summed E-state index contributed by atoms with van der Waals surface area (Å²) in [5.41, 5.74) is -0.0361. The zero-order valence-corrected chi connectivity index (χ0v) is 21.3. The highest BCUT2D eigenvalue weighted by atomic mass is 127. The first-order valence-electron chi connectivity index (χ1n) is 10.7. The van der Waals surface area contributed by atoms with Crippen molar-refractivity contribution in [2.45, 2.75) is 32.7 Å². The van der Waals surface area contributed by atoms with Crippen LogP contribution in [-0.4, -0.2) is 81.7 Å². The Balaban J connectivity index is 0.00000320. The molecule has 0 bridgehead atoms. The summed E-state index contributed by atoms with van der Waals surface area (Å²) in [5, 5.41) is 16.4. The van der Waals surface area contributed by atoms with Crippen molar-refractivity contribution >= 4 is 41.3 Å². The van der Waals surface area contributed by atoms with Crippen LogP contribution in [0, 0.1) is 12.3 Å². The van der Waals surface area contributed by atoms with Crippen LogP contribution in [0.3, 0.4) is 0 Å². The van der Waals surface area contributed by atoms with Gasteiger partial charge in [-0.25, -0.2) is 0 Å². The first-order valence-corrected chi connectivity index (χ1v) is 11.6. The van der Waals surface area contributed by atoms with E-state index in [1.807, 2.05) is 11.3 Å². The van der Waals surface area contributed by atoms with Gasteiger partial charge in [0.15, 0.2) is 5.96 Å². The molecule has 0 aromatic carbocycles. The number of ether oxygens (including phenoxy) is 2. The van der Waals surface area contributed by atoms with Crippen LogP contribution in [0.1, 0.15) is 35.6 Å². The van der Waals surface area contributed by atoms with Gasteiger partial charge < -0.3 is 25.2 Å². The molecule has 2 fully saturated rings. The molecule has 2 unspecified atom stereocenters. The van der Waals surface area contributed by atoms with Crippen molar-refractivity contribution in [3.63, 3.8) is 0 Å². The van der Waals surface area contributed by atoms with Gasteiger partial charge in [-0.3, -0.25) is 9.89 Å². The molecule has 1 aromatic rings. The van der Waals surface area contributed by atoms with Crippen LogP contribution < -0.4 is 10.6 Å². The highest BCUT2D eigenvalue weighted by Crippen LogP contribution is 2.32. The van der Waals surface area contributed by atoms with Crippen LogP contribution >= 0.6 is 35.3 Å². The normalized spacial score (nSPS) is 23.8. The number of nitrogens with one attached hydrogen (secondary N) is 2. The van der Waals surface area contributed by atoms with Crippen molar-refractivity contribution in [1.82, 2.24) is 15.5 Å². The van der Waals surface area contributed by atoms with Crippen molar-refractivity contribution in [2.24, 2.45) is 10.4 Å². The van der Waals surface area contributed by atoms with Gasteiger partial charge in [0, 0.05) is 54.6 Å². The van der Waals surface area contributed by atoms with Gasteiger partial charge >= 0.3 is 0 Å². The summed E-state index contributed by atoms with van der Waals surface area (Å²) in [6.07, 6.45) is 1.70. The molecule has 3 rings (SSSR count). The van der Waals surface area contributed by atoms with Crippen molar-refractivity contribution < 1.29 is 14.6 Å². The molecule has 3 N–H and O–H groups in total. The van der Waals surface area contributed by atoms with Crippen LogP contribution in [0.5, 0.6) is 0 Å². The summed E-state index contributed by atoms with van der Waals surface area (Å²) in [6, 6.07) is 4.76. The number of morpholine rings is 1. The molecule has 0 saturated carbocycles. The van der Waals surface area contributed by atoms with Gasteiger partial charge in [-0.05, 0) is 38.8 Å². The molecule has 2 atom stereocenters. The lowest BCUT2D eigenvalue weighted by Gasteiger charge is -2.34. The quantitative estimate of drug-likeness (QED) is 0.248. The lowest BCUT2D eigenvalue weighted by atomic mass is 9.84. The van der Waals surface area contributed by atoms with E-state index in [1.54, 1.807) is 0 Å².